The molecule has 2 nitrogen and oxygen atoms in total. The summed E-state index contributed by atoms with van der Waals surface area (Å²) in [5.41, 5.74) is 0. The van der Waals surface area contributed by atoms with Gasteiger partial charge in [-0.05, 0) is 18.3 Å². The highest BCUT2D eigenvalue weighted by Crippen LogP contribution is 2.41. The number of esters is 1. The first-order chi connectivity index (χ1) is 4.77. The largest absolute Gasteiger partial charge is 0.469 e. The lowest BCUT2D eigenvalue weighted by Crippen LogP contribution is -2.01. The predicted octanol–water partition coefficient (Wildman–Crippen LogP) is 1.37. The molecule has 0 N–H and O–H groups in total. The van der Waals surface area contributed by atoms with E-state index in [1.165, 1.54) is 7.11 Å². The van der Waals surface area contributed by atoms with E-state index in [0.29, 0.717) is 18.3 Å². The molecular weight excluding hydrogens is 128 g/mol. The van der Waals surface area contributed by atoms with E-state index in [9.17, 15) is 4.79 Å². The molecule has 0 bridgehead atoms. The molecule has 0 radical (unpaired) electrons. The Kier molecular flexibility index (Phi) is 2.10. The van der Waals surface area contributed by atoms with Crippen LogP contribution in [0.25, 0.3) is 0 Å². The number of carbonyl (C=O) groups is 1. The van der Waals surface area contributed by atoms with E-state index < -0.39 is 0 Å². The Balaban J connectivity index is 2.17. The van der Waals surface area contributed by atoms with Gasteiger partial charge in [0.25, 0.3) is 0 Å². The normalized spacial score (nSPS) is 29.3. The van der Waals surface area contributed by atoms with Crippen LogP contribution in [0, 0.1) is 11.8 Å². The smallest absolute Gasteiger partial charge is 0.305 e. The fourth-order valence-electron chi connectivity index (χ4n) is 1.09. The average molecular weight is 140 g/mol. The maximum absolute atomic E-state index is 10.7. The monoisotopic (exact) mass is 140 g/mol. The van der Waals surface area contributed by atoms with Crippen molar-refractivity contribution in [3.63, 3.8) is 0 Å². The van der Waals surface area contributed by atoms with Crippen LogP contribution in [0.5, 0.6) is 0 Å². The molecule has 56 valence electrons. The van der Waals surface area contributed by atoms with Crippen molar-refractivity contribution in [2.75, 3.05) is 7.11 Å². The minimum absolute atomic E-state index is 0.102. The van der Waals surface area contributed by atoms with Gasteiger partial charge in [0.15, 0.2) is 0 Å². The van der Waals surface area contributed by atoms with Crippen molar-refractivity contribution in [1.29, 1.82) is 0 Å². The summed E-state index contributed by atoms with van der Waals surface area (Å²) in [7, 11) is 1.42. The van der Waals surface area contributed by atoms with Gasteiger partial charge in [0, 0.05) is 6.42 Å². The van der Waals surface area contributed by atoms with Crippen LogP contribution in [0.1, 0.15) is 12.8 Å². The standard InChI is InChI=1S/C8H12O2/c1-3-6-4-7(6)5-8(9)10-2/h3,6-7H,1,4-5H2,2H3/t6-,7?/m1/s1. The first-order valence-corrected chi connectivity index (χ1v) is 3.47. The fraction of sp³-hybridized carbons (Fsp3) is 0.625. The van der Waals surface area contributed by atoms with Crippen molar-refractivity contribution in [2.24, 2.45) is 11.8 Å². The van der Waals surface area contributed by atoms with E-state index >= 15 is 0 Å². The molecule has 2 heteroatoms. The molecule has 0 aliphatic heterocycles. The third kappa shape index (κ3) is 1.59. The number of carbonyl (C=O) groups excluding carboxylic acids is 1. The van der Waals surface area contributed by atoms with Crippen LogP contribution in [0.15, 0.2) is 12.7 Å². The van der Waals surface area contributed by atoms with E-state index in [-0.39, 0.29) is 5.97 Å². The fourth-order valence-corrected chi connectivity index (χ4v) is 1.09. The highest BCUT2D eigenvalue weighted by atomic mass is 16.5. The Morgan fingerprint density at radius 3 is 3.00 bits per heavy atom. The Hall–Kier alpha value is -0.790. The van der Waals surface area contributed by atoms with Crippen LogP contribution in [-0.2, 0) is 9.53 Å². The zero-order chi connectivity index (χ0) is 7.56. The molecular formula is C8H12O2. The molecule has 0 heterocycles. The van der Waals surface area contributed by atoms with Gasteiger partial charge in [-0.2, -0.15) is 0 Å². The van der Waals surface area contributed by atoms with Crippen molar-refractivity contribution in [2.45, 2.75) is 12.8 Å². The van der Waals surface area contributed by atoms with Crippen molar-refractivity contribution in [3.8, 4) is 0 Å². The molecule has 1 saturated carbocycles. The zero-order valence-corrected chi connectivity index (χ0v) is 6.17. The molecule has 0 aromatic heterocycles. The molecule has 1 aliphatic carbocycles. The van der Waals surface area contributed by atoms with Crippen LogP contribution in [0.2, 0.25) is 0 Å². The maximum Gasteiger partial charge on any atom is 0.305 e. The SMILES string of the molecule is C=C[C@@H]1CC1CC(=O)OC. The predicted molar refractivity (Wildman–Crippen MR) is 38.4 cm³/mol. The van der Waals surface area contributed by atoms with Crippen LogP contribution in [0.3, 0.4) is 0 Å². The molecule has 1 fully saturated rings. The Labute approximate surface area is 60.9 Å². The summed E-state index contributed by atoms with van der Waals surface area (Å²) >= 11 is 0. The first kappa shape index (κ1) is 7.32. The van der Waals surface area contributed by atoms with Gasteiger partial charge in [-0.1, -0.05) is 6.08 Å². The molecule has 2 atom stereocenters. The van der Waals surface area contributed by atoms with Gasteiger partial charge in [-0.15, -0.1) is 6.58 Å². The van der Waals surface area contributed by atoms with Gasteiger partial charge in [-0.3, -0.25) is 4.79 Å². The second-order valence-electron chi connectivity index (χ2n) is 2.68. The first-order valence-electron chi connectivity index (χ1n) is 3.47. The second kappa shape index (κ2) is 2.86. The molecule has 1 aliphatic rings. The number of rotatable bonds is 3. The van der Waals surface area contributed by atoms with E-state index in [0.717, 1.165) is 6.42 Å². The number of hydrogen-bond donors (Lipinski definition) is 0. The van der Waals surface area contributed by atoms with Crippen molar-refractivity contribution < 1.29 is 9.53 Å². The molecule has 0 amide bonds. The van der Waals surface area contributed by atoms with Crippen molar-refractivity contribution in [1.82, 2.24) is 0 Å². The van der Waals surface area contributed by atoms with Gasteiger partial charge in [0.05, 0.1) is 7.11 Å². The molecule has 0 spiro atoms. The van der Waals surface area contributed by atoms with E-state index in [4.69, 9.17) is 0 Å². The van der Waals surface area contributed by atoms with Crippen molar-refractivity contribution in [3.05, 3.63) is 12.7 Å². The quantitative estimate of drug-likeness (QED) is 0.437. The Bertz CT molecular complexity index is 151. The van der Waals surface area contributed by atoms with Gasteiger partial charge in [0.1, 0.15) is 0 Å². The number of ether oxygens (including phenoxy) is 1. The van der Waals surface area contributed by atoms with E-state index in [2.05, 4.69) is 11.3 Å². The van der Waals surface area contributed by atoms with Crippen LogP contribution in [-0.4, -0.2) is 13.1 Å². The highest BCUT2D eigenvalue weighted by Gasteiger charge is 2.35. The summed E-state index contributed by atoms with van der Waals surface area (Å²) < 4.78 is 4.52. The average Bonchev–Trinajstić information content (AvgIpc) is 2.67. The molecule has 0 saturated heterocycles. The van der Waals surface area contributed by atoms with Gasteiger partial charge in [0.2, 0.25) is 0 Å². The summed E-state index contributed by atoms with van der Waals surface area (Å²) in [6, 6.07) is 0. The lowest BCUT2D eigenvalue weighted by atomic mass is 10.2. The lowest BCUT2D eigenvalue weighted by Gasteiger charge is -1.94. The van der Waals surface area contributed by atoms with E-state index in [1.54, 1.807) is 0 Å². The van der Waals surface area contributed by atoms with E-state index in [1.807, 2.05) is 6.08 Å². The van der Waals surface area contributed by atoms with Gasteiger partial charge < -0.3 is 4.74 Å². The highest BCUT2D eigenvalue weighted by molar-refractivity contribution is 5.70. The molecule has 10 heavy (non-hydrogen) atoms. The number of allylic oxidation sites excluding steroid dienone is 1. The molecule has 0 aromatic rings. The summed E-state index contributed by atoms with van der Waals surface area (Å²) in [6.45, 7) is 3.65. The second-order valence-corrected chi connectivity index (χ2v) is 2.68. The zero-order valence-electron chi connectivity index (χ0n) is 6.17. The lowest BCUT2D eigenvalue weighted by molar-refractivity contribution is -0.141. The molecule has 0 aromatic carbocycles. The number of methoxy groups -OCH3 is 1. The summed E-state index contributed by atoms with van der Waals surface area (Å²) in [5.74, 6) is 0.985. The summed E-state index contributed by atoms with van der Waals surface area (Å²) in [5, 5.41) is 0. The minimum Gasteiger partial charge on any atom is -0.469 e. The Morgan fingerprint density at radius 2 is 2.60 bits per heavy atom. The summed E-state index contributed by atoms with van der Waals surface area (Å²) in [6.07, 6.45) is 3.58. The van der Waals surface area contributed by atoms with Crippen LogP contribution < -0.4 is 0 Å². The third-order valence-electron chi connectivity index (χ3n) is 1.94. The van der Waals surface area contributed by atoms with Crippen molar-refractivity contribution >= 4 is 5.97 Å². The van der Waals surface area contributed by atoms with Crippen LogP contribution in [0.4, 0.5) is 0 Å². The minimum atomic E-state index is -0.102. The molecule has 1 rings (SSSR count). The summed E-state index contributed by atoms with van der Waals surface area (Å²) in [4.78, 5) is 10.7. The van der Waals surface area contributed by atoms with Gasteiger partial charge >= 0.3 is 5.97 Å². The maximum atomic E-state index is 10.7. The van der Waals surface area contributed by atoms with Gasteiger partial charge in [-0.25, -0.2) is 0 Å². The Morgan fingerprint density at radius 1 is 1.90 bits per heavy atom. The molecule has 1 unspecified atom stereocenters. The number of hydrogen-bond acceptors (Lipinski definition) is 2. The topological polar surface area (TPSA) is 26.3 Å². The van der Waals surface area contributed by atoms with Crippen LogP contribution >= 0.6 is 0 Å². The third-order valence-corrected chi connectivity index (χ3v) is 1.94.